The molecule has 4 nitrogen and oxygen atoms in total. The zero-order valence-electron chi connectivity index (χ0n) is 9.35. The van der Waals surface area contributed by atoms with Crippen LogP contribution in [0.15, 0.2) is 34.9 Å². The maximum Gasteiger partial charge on any atom is 0.220 e. The van der Waals surface area contributed by atoms with E-state index in [0.717, 1.165) is 21.5 Å². The molecule has 1 aromatic heterocycles. The molecule has 0 bridgehead atoms. The van der Waals surface area contributed by atoms with Crippen LogP contribution in [0.1, 0.15) is 11.3 Å². The highest BCUT2D eigenvalue weighted by Gasteiger charge is 2.00. The van der Waals surface area contributed by atoms with Crippen molar-refractivity contribution in [2.45, 2.75) is 13.5 Å². The first-order chi connectivity index (χ1) is 8.15. The van der Waals surface area contributed by atoms with Crippen molar-refractivity contribution in [1.29, 1.82) is 0 Å². The fourth-order valence-corrected chi connectivity index (χ4v) is 1.60. The predicted octanol–water partition coefficient (Wildman–Crippen LogP) is 2.71. The minimum Gasteiger partial charge on any atom is -0.487 e. The summed E-state index contributed by atoms with van der Waals surface area (Å²) in [7, 11) is 0. The van der Waals surface area contributed by atoms with Gasteiger partial charge in [0.2, 0.25) is 5.95 Å². The molecule has 1 heterocycles. The van der Waals surface area contributed by atoms with Crippen LogP contribution in [0.5, 0.6) is 5.75 Å². The molecule has 2 aromatic rings. The first-order valence-electron chi connectivity index (χ1n) is 5.11. The van der Waals surface area contributed by atoms with Crippen LogP contribution in [0.2, 0.25) is 0 Å². The number of hydrogen-bond donors (Lipinski definition) is 1. The summed E-state index contributed by atoms with van der Waals surface area (Å²) in [5.41, 5.74) is 7.38. The van der Waals surface area contributed by atoms with Gasteiger partial charge in [-0.15, -0.1) is 0 Å². The van der Waals surface area contributed by atoms with E-state index >= 15 is 0 Å². The largest absolute Gasteiger partial charge is 0.487 e. The Morgan fingerprint density at radius 3 is 2.88 bits per heavy atom. The van der Waals surface area contributed by atoms with Crippen molar-refractivity contribution < 1.29 is 4.74 Å². The minimum atomic E-state index is 0.262. The Bertz CT molecular complexity index is 531. The topological polar surface area (TPSA) is 61.0 Å². The van der Waals surface area contributed by atoms with Crippen molar-refractivity contribution in [1.82, 2.24) is 9.97 Å². The Labute approximate surface area is 108 Å². The second-order valence-corrected chi connectivity index (χ2v) is 4.46. The number of hydrogen-bond acceptors (Lipinski definition) is 4. The lowest BCUT2D eigenvalue weighted by molar-refractivity contribution is 0.301. The Morgan fingerprint density at radius 2 is 2.18 bits per heavy atom. The SMILES string of the molecule is Cc1cc(OCc2ccnc(N)n2)ccc1Br. The Morgan fingerprint density at radius 1 is 1.35 bits per heavy atom. The number of aromatic nitrogens is 2. The zero-order valence-corrected chi connectivity index (χ0v) is 10.9. The first-order valence-corrected chi connectivity index (χ1v) is 5.91. The molecule has 0 saturated carbocycles. The summed E-state index contributed by atoms with van der Waals surface area (Å²) in [4.78, 5) is 7.89. The van der Waals surface area contributed by atoms with Gasteiger partial charge in [-0.3, -0.25) is 0 Å². The van der Waals surface area contributed by atoms with Gasteiger partial charge in [0.25, 0.3) is 0 Å². The van der Waals surface area contributed by atoms with Gasteiger partial charge >= 0.3 is 0 Å². The summed E-state index contributed by atoms with van der Waals surface area (Å²) < 4.78 is 6.68. The summed E-state index contributed by atoms with van der Waals surface area (Å²) in [6.07, 6.45) is 1.62. The molecule has 5 heteroatoms. The van der Waals surface area contributed by atoms with Gasteiger partial charge in [0.05, 0.1) is 5.69 Å². The van der Waals surface area contributed by atoms with E-state index in [0.29, 0.717) is 6.61 Å². The molecule has 0 radical (unpaired) electrons. The Kier molecular flexibility index (Phi) is 3.58. The van der Waals surface area contributed by atoms with Gasteiger partial charge in [0.15, 0.2) is 0 Å². The van der Waals surface area contributed by atoms with Crippen LogP contribution < -0.4 is 10.5 Å². The normalized spacial score (nSPS) is 10.2. The molecule has 17 heavy (non-hydrogen) atoms. The molecule has 1 aromatic carbocycles. The summed E-state index contributed by atoms with van der Waals surface area (Å²) in [5.74, 6) is 1.07. The van der Waals surface area contributed by atoms with Crippen LogP contribution in [0.25, 0.3) is 0 Å². The van der Waals surface area contributed by atoms with Crippen molar-refractivity contribution in [3.63, 3.8) is 0 Å². The third-order valence-electron chi connectivity index (χ3n) is 2.25. The average Bonchev–Trinajstić information content (AvgIpc) is 2.31. The molecule has 0 fully saturated rings. The molecule has 0 aliphatic heterocycles. The lowest BCUT2D eigenvalue weighted by Gasteiger charge is -2.07. The van der Waals surface area contributed by atoms with Crippen molar-refractivity contribution in [3.05, 3.63) is 46.2 Å². The van der Waals surface area contributed by atoms with Crippen LogP contribution in [-0.4, -0.2) is 9.97 Å². The predicted molar refractivity (Wildman–Crippen MR) is 69.7 cm³/mol. The molecular formula is C12H12BrN3O. The highest BCUT2D eigenvalue weighted by atomic mass is 79.9. The number of nitrogen functional groups attached to an aromatic ring is 1. The van der Waals surface area contributed by atoms with E-state index in [2.05, 4.69) is 25.9 Å². The lowest BCUT2D eigenvalue weighted by atomic mass is 10.2. The van der Waals surface area contributed by atoms with E-state index in [-0.39, 0.29) is 5.95 Å². The molecule has 0 amide bonds. The van der Waals surface area contributed by atoms with E-state index in [1.54, 1.807) is 12.3 Å². The number of anilines is 1. The van der Waals surface area contributed by atoms with Crippen LogP contribution in [-0.2, 0) is 6.61 Å². The number of aryl methyl sites for hydroxylation is 1. The maximum atomic E-state index is 5.62. The quantitative estimate of drug-likeness (QED) is 0.945. The van der Waals surface area contributed by atoms with Gasteiger partial charge in [-0.1, -0.05) is 15.9 Å². The molecule has 0 unspecified atom stereocenters. The molecule has 2 rings (SSSR count). The van der Waals surface area contributed by atoms with Gasteiger partial charge in [0.1, 0.15) is 12.4 Å². The number of nitrogens with two attached hydrogens (primary N) is 1. The van der Waals surface area contributed by atoms with E-state index in [9.17, 15) is 0 Å². The molecule has 88 valence electrons. The van der Waals surface area contributed by atoms with E-state index < -0.39 is 0 Å². The number of ether oxygens (including phenoxy) is 1. The van der Waals surface area contributed by atoms with Gasteiger partial charge < -0.3 is 10.5 Å². The fourth-order valence-electron chi connectivity index (χ4n) is 1.36. The Hall–Kier alpha value is -1.62. The summed E-state index contributed by atoms with van der Waals surface area (Å²) >= 11 is 3.44. The lowest BCUT2D eigenvalue weighted by Crippen LogP contribution is -2.02. The smallest absolute Gasteiger partial charge is 0.220 e. The maximum absolute atomic E-state index is 5.62. The first kappa shape index (κ1) is 11.9. The third kappa shape index (κ3) is 3.17. The zero-order chi connectivity index (χ0) is 12.3. The highest BCUT2D eigenvalue weighted by Crippen LogP contribution is 2.22. The van der Waals surface area contributed by atoms with Crippen LogP contribution in [0.4, 0.5) is 5.95 Å². The monoisotopic (exact) mass is 293 g/mol. The van der Waals surface area contributed by atoms with E-state index in [1.165, 1.54) is 0 Å². The van der Waals surface area contributed by atoms with Crippen LogP contribution in [0.3, 0.4) is 0 Å². The van der Waals surface area contributed by atoms with Crippen molar-refractivity contribution in [2.75, 3.05) is 5.73 Å². The second-order valence-electron chi connectivity index (χ2n) is 3.61. The van der Waals surface area contributed by atoms with Crippen molar-refractivity contribution >= 4 is 21.9 Å². The summed E-state index contributed by atoms with van der Waals surface area (Å²) in [6.45, 7) is 2.40. The number of rotatable bonds is 3. The average molecular weight is 294 g/mol. The number of halogens is 1. The third-order valence-corrected chi connectivity index (χ3v) is 3.14. The van der Waals surface area contributed by atoms with Gasteiger partial charge in [-0.25, -0.2) is 9.97 Å². The van der Waals surface area contributed by atoms with E-state index in [4.69, 9.17) is 10.5 Å². The number of benzene rings is 1. The highest BCUT2D eigenvalue weighted by molar-refractivity contribution is 9.10. The molecule has 0 spiro atoms. The molecule has 0 aliphatic carbocycles. The van der Waals surface area contributed by atoms with Gasteiger partial charge in [-0.2, -0.15) is 0 Å². The number of nitrogens with zero attached hydrogens (tertiary/aromatic N) is 2. The molecule has 0 saturated heterocycles. The summed E-state index contributed by atoms with van der Waals surface area (Å²) in [5, 5.41) is 0. The second kappa shape index (κ2) is 5.14. The van der Waals surface area contributed by atoms with E-state index in [1.807, 2.05) is 25.1 Å². The summed E-state index contributed by atoms with van der Waals surface area (Å²) in [6, 6.07) is 7.61. The van der Waals surface area contributed by atoms with Crippen molar-refractivity contribution in [3.8, 4) is 5.75 Å². The molecule has 0 atom stereocenters. The molecule has 0 aliphatic rings. The van der Waals surface area contributed by atoms with Crippen LogP contribution >= 0.6 is 15.9 Å². The molecule has 2 N–H and O–H groups in total. The minimum absolute atomic E-state index is 0.262. The fraction of sp³-hybridized carbons (Fsp3) is 0.167. The standard InChI is InChI=1S/C12H12BrN3O/c1-8-6-10(2-3-11(8)13)17-7-9-4-5-15-12(14)16-9/h2-6H,7H2,1H3,(H2,14,15,16). The molecular weight excluding hydrogens is 282 g/mol. The van der Waals surface area contributed by atoms with Crippen molar-refractivity contribution in [2.24, 2.45) is 0 Å². The Balaban J connectivity index is 2.05. The van der Waals surface area contributed by atoms with Crippen LogP contribution in [0, 0.1) is 6.92 Å². The van der Waals surface area contributed by atoms with Gasteiger partial charge in [0, 0.05) is 10.7 Å². The van der Waals surface area contributed by atoms with Gasteiger partial charge in [-0.05, 0) is 36.8 Å².